The number of rotatable bonds is 27. The lowest BCUT2D eigenvalue weighted by Crippen LogP contribution is -2.01. The molecule has 0 aromatic rings. The molecule has 0 N–H and O–H groups in total. The normalized spacial score (nSPS) is 14.6. The highest BCUT2D eigenvalue weighted by Gasteiger charge is 2.08. The SMILES string of the molecule is CCCCCCCCCCCCCCC(C)CCCC(C)CCCC(C)CCCCCC(C)C. The van der Waals surface area contributed by atoms with Crippen LogP contribution in [0.1, 0.15) is 196 Å². The van der Waals surface area contributed by atoms with E-state index < -0.39 is 0 Å². The van der Waals surface area contributed by atoms with Crippen LogP contribution in [0.3, 0.4) is 0 Å². The van der Waals surface area contributed by atoms with Crippen molar-refractivity contribution in [2.24, 2.45) is 23.7 Å². The fourth-order valence-electron chi connectivity index (χ4n) is 5.62. The van der Waals surface area contributed by atoms with E-state index in [1.807, 2.05) is 0 Å². The zero-order valence-electron chi connectivity index (χ0n) is 25.3. The van der Waals surface area contributed by atoms with Gasteiger partial charge in [-0.05, 0) is 23.7 Å². The average molecular weight is 479 g/mol. The first-order valence-electron chi connectivity index (χ1n) is 16.5. The maximum absolute atomic E-state index is 2.51. The van der Waals surface area contributed by atoms with Crippen LogP contribution in [0.15, 0.2) is 0 Å². The van der Waals surface area contributed by atoms with Crippen molar-refractivity contribution >= 4 is 0 Å². The first-order chi connectivity index (χ1) is 16.5. The molecule has 0 radical (unpaired) electrons. The van der Waals surface area contributed by atoms with Crippen LogP contribution in [0.4, 0.5) is 0 Å². The summed E-state index contributed by atoms with van der Waals surface area (Å²) in [5.41, 5.74) is 0. The molecule has 0 amide bonds. The highest BCUT2D eigenvalue weighted by Crippen LogP contribution is 2.23. The quantitative estimate of drug-likeness (QED) is 0.103. The van der Waals surface area contributed by atoms with Crippen molar-refractivity contribution in [2.75, 3.05) is 0 Å². The summed E-state index contributed by atoms with van der Waals surface area (Å²) in [6.45, 7) is 14.5. The largest absolute Gasteiger partial charge is 0.0654 e. The second kappa shape index (κ2) is 26.1. The predicted molar refractivity (Wildman–Crippen MR) is 159 cm³/mol. The Morgan fingerprint density at radius 3 is 0.912 bits per heavy atom. The van der Waals surface area contributed by atoms with E-state index in [1.54, 1.807) is 0 Å². The molecule has 0 saturated carbocycles. The Morgan fingerprint density at radius 1 is 0.294 bits per heavy atom. The molecule has 0 bridgehead atoms. The van der Waals surface area contributed by atoms with Gasteiger partial charge in [0.05, 0.1) is 0 Å². The first-order valence-corrected chi connectivity index (χ1v) is 16.5. The Balaban J connectivity index is 3.39. The summed E-state index contributed by atoms with van der Waals surface area (Å²) in [6, 6.07) is 0. The molecule has 0 heterocycles. The maximum Gasteiger partial charge on any atom is -0.0443 e. The topological polar surface area (TPSA) is 0 Å². The molecule has 0 rings (SSSR count). The summed E-state index contributed by atoms with van der Waals surface area (Å²) in [6.07, 6.45) is 35.1. The van der Waals surface area contributed by atoms with Crippen molar-refractivity contribution in [3.8, 4) is 0 Å². The first kappa shape index (κ1) is 34.0. The van der Waals surface area contributed by atoms with Crippen LogP contribution in [0.5, 0.6) is 0 Å². The molecule has 3 unspecified atom stereocenters. The summed E-state index contributed by atoms with van der Waals surface area (Å²) in [5.74, 6) is 3.72. The summed E-state index contributed by atoms with van der Waals surface area (Å²) >= 11 is 0. The molecule has 0 aromatic heterocycles. The summed E-state index contributed by atoms with van der Waals surface area (Å²) in [4.78, 5) is 0. The molecule has 0 spiro atoms. The highest BCUT2D eigenvalue weighted by atomic mass is 14.1. The van der Waals surface area contributed by atoms with Crippen LogP contribution >= 0.6 is 0 Å². The number of unbranched alkanes of at least 4 members (excludes halogenated alkanes) is 13. The molecule has 0 aromatic carbocycles. The highest BCUT2D eigenvalue weighted by molar-refractivity contribution is 4.61. The van der Waals surface area contributed by atoms with Gasteiger partial charge in [-0.15, -0.1) is 0 Å². The molecule has 34 heavy (non-hydrogen) atoms. The van der Waals surface area contributed by atoms with Crippen LogP contribution in [0.25, 0.3) is 0 Å². The minimum atomic E-state index is 0.885. The molecule has 0 saturated heterocycles. The second-order valence-electron chi connectivity index (χ2n) is 12.9. The Hall–Kier alpha value is 0. The van der Waals surface area contributed by atoms with Gasteiger partial charge in [0, 0.05) is 0 Å². The van der Waals surface area contributed by atoms with Gasteiger partial charge in [-0.1, -0.05) is 196 Å². The van der Waals surface area contributed by atoms with Gasteiger partial charge in [0.1, 0.15) is 0 Å². The van der Waals surface area contributed by atoms with E-state index in [0.29, 0.717) is 0 Å². The minimum absolute atomic E-state index is 0.885. The zero-order valence-corrected chi connectivity index (χ0v) is 25.3. The van der Waals surface area contributed by atoms with Crippen LogP contribution < -0.4 is 0 Å². The van der Waals surface area contributed by atoms with Crippen LogP contribution in [-0.4, -0.2) is 0 Å². The Labute approximate surface area is 219 Å². The molecular formula is C34H70. The third-order valence-corrected chi connectivity index (χ3v) is 8.32. The van der Waals surface area contributed by atoms with Gasteiger partial charge in [-0.2, -0.15) is 0 Å². The molecule has 3 atom stereocenters. The van der Waals surface area contributed by atoms with Crippen molar-refractivity contribution in [1.82, 2.24) is 0 Å². The van der Waals surface area contributed by atoms with Gasteiger partial charge in [-0.25, -0.2) is 0 Å². The molecule has 0 aliphatic carbocycles. The summed E-state index contributed by atoms with van der Waals surface area (Å²) in [5, 5.41) is 0. The lowest BCUT2D eigenvalue weighted by Gasteiger charge is -2.16. The molecule has 0 heteroatoms. The van der Waals surface area contributed by atoms with Gasteiger partial charge in [0.15, 0.2) is 0 Å². The van der Waals surface area contributed by atoms with Crippen LogP contribution in [-0.2, 0) is 0 Å². The molecule has 0 aliphatic heterocycles. The third-order valence-electron chi connectivity index (χ3n) is 8.32. The minimum Gasteiger partial charge on any atom is -0.0654 e. The van der Waals surface area contributed by atoms with E-state index in [1.165, 1.54) is 154 Å². The van der Waals surface area contributed by atoms with E-state index in [0.717, 1.165) is 23.7 Å². The Kier molecular flexibility index (Phi) is 26.1. The number of hydrogen-bond donors (Lipinski definition) is 0. The summed E-state index contributed by atoms with van der Waals surface area (Å²) < 4.78 is 0. The third kappa shape index (κ3) is 26.6. The van der Waals surface area contributed by atoms with Crippen molar-refractivity contribution in [3.63, 3.8) is 0 Å². The van der Waals surface area contributed by atoms with Gasteiger partial charge in [-0.3, -0.25) is 0 Å². The molecule has 206 valence electrons. The maximum atomic E-state index is 2.51. The van der Waals surface area contributed by atoms with Crippen molar-refractivity contribution in [2.45, 2.75) is 196 Å². The zero-order chi connectivity index (χ0) is 25.3. The van der Waals surface area contributed by atoms with E-state index in [2.05, 4.69) is 41.5 Å². The van der Waals surface area contributed by atoms with E-state index >= 15 is 0 Å². The van der Waals surface area contributed by atoms with Gasteiger partial charge >= 0.3 is 0 Å². The van der Waals surface area contributed by atoms with Crippen LogP contribution in [0, 0.1) is 23.7 Å². The fourth-order valence-corrected chi connectivity index (χ4v) is 5.62. The molecule has 0 fully saturated rings. The molecule has 0 nitrogen and oxygen atoms in total. The van der Waals surface area contributed by atoms with E-state index in [9.17, 15) is 0 Å². The molecule has 0 aliphatic rings. The van der Waals surface area contributed by atoms with Gasteiger partial charge in [0.2, 0.25) is 0 Å². The fraction of sp³-hybridized carbons (Fsp3) is 1.00. The second-order valence-corrected chi connectivity index (χ2v) is 12.9. The van der Waals surface area contributed by atoms with Crippen molar-refractivity contribution < 1.29 is 0 Å². The summed E-state index contributed by atoms with van der Waals surface area (Å²) in [7, 11) is 0. The van der Waals surface area contributed by atoms with Gasteiger partial charge < -0.3 is 0 Å². The van der Waals surface area contributed by atoms with Crippen molar-refractivity contribution in [3.05, 3.63) is 0 Å². The van der Waals surface area contributed by atoms with E-state index in [-0.39, 0.29) is 0 Å². The van der Waals surface area contributed by atoms with Crippen LogP contribution in [0.2, 0.25) is 0 Å². The van der Waals surface area contributed by atoms with E-state index in [4.69, 9.17) is 0 Å². The predicted octanol–water partition coefficient (Wildman–Crippen LogP) is 12.9. The number of hydrogen-bond acceptors (Lipinski definition) is 0. The Bertz CT molecular complexity index is 370. The molecular weight excluding hydrogens is 408 g/mol. The van der Waals surface area contributed by atoms with Gasteiger partial charge in [0.25, 0.3) is 0 Å². The standard InChI is InChI=1S/C34H70/c1-7-8-9-10-11-12-13-14-15-16-17-20-25-32(4)27-22-29-34(6)30-23-28-33(5)26-21-18-19-24-31(2)3/h31-34H,7-30H2,1-6H3. The monoisotopic (exact) mass is 479 g/mol. The lowest BCUT2D eigenvalue weighted by atomic mass is 9.90. The Morgan fingerprint density at radius 2 is 0.559 bits per heavy atom. The smallest absolute Gasteiger partial charge is 0.0443 e. The lowest BCUT2D eigenvalue weighted by molar-refractivity contribution is 0.373. The van der Waals surface area contributed by atoms with Crippen molar-refractivity contribution in [1.29, 1.82) is 0 Å². The average Bonchev–Trinajstić information content (AvgIpc) is 2.79.